The highest BCUT2D eigenvalue weighted by Gasteiger charge is 2.04. The third-order valence-corrected chi connectivity index (χ3v) is 4.85. The monoisotopic (exact) mass is 321 g/mol. The minimum atomic E-state index is -0.0326. The predicted molar refractivity (Wildman–Crippen MR) is 90.4 cm³/mol. The van der Waals surface area contributed by atoms with E-state index < -0.39 is 0 Å². The second-order valence-corrected chi connectivity index (χ2v) is 6.48. The van der Waals surface area contributed by atoms with E-state index >= 15 is 0 Å². The van der Waals surface area contributed by atoms with Crippen LogP contribution in [0.4, 0.5) is 0 Å². The SMILES string of the molecule is CCOc1ccc(C(=O)NCCSCc2cccs2)cc1. The Morgan fingerprint density at radius 1 is 1.29 bits per heavy atom. The summed E-state index contributed by atoms with van der Waals surface area (Å²) in [5, 5.41) is 5.02. The lowest BCUT2D eigenvalue weighted by Crippen LogP contribution is -2.25. The Morgan fingerprint density at radius 3 is 2.76 bits per heavy atom. The first-order valence-electron chi connectivity index (χ1n) is 6.91. The summed E-state index contributed by atoms with van der Waals surface area (Å²) in [7, 11) is 0. The Kier molecular flexibility index (Phi) is 6.63. The zero-order valence-electron chi connectivity index (χ0n) is 12.0. The van der Waals surface area contributed by atoms with E-state index in [1.807, 2.05) is 30.8 Å². The van der Waals surface area contributed by atoms with Crippen molar-refractivity contribution in [3.05, 3.63) is 52.2 Å². The summed E-state index contributed by atoms with van der Waals surface area (Å²) in [5.74, 6) is 2.69. The molecule has 0 bridgehead atoms. The average molecular weight is 321 g/mol. The van der Waals surface area contributed by atoms with Gasteiger partial charge in [-0.05, 0) is 42.6 Å². The zero-order chi connectivity index (χ0) is 14.9. The van der Waals surface area contributed by atoms with Crippen molar-refractivity contribution in [1.82, 2.24) is 5.32 Å². The second-order valence-electron chi connectivity index (χ2n) is 4.35. The lowest BCUT2D eigenvalue weighted by atomic mass is 10.2. The molecular weight excluding hydrogens is 302 g/mol. The third-order valence-electron chi connectivity index (χ3n) is 2.78. The number of hydrogen-bond donors (Lipinski definition) is 1. The number of ether oxygens (including phenoxy) is 1. The quantitative estimate of drug-likeness (QED) is 0.751. The van der Waals surface area contributed by atoms with Crippen molar-refractivity contribution < 1.29 is 9.53 Å². The Balaban J connectivity index is 1.66. The molecule has 5 heteroatoms. The molecule has 2 rings (SSSR count). The summed E-state index contributed by atoms with van der Waals surface area (Å²) in [5.41, 5.74) is 0.668. The smallest absolute Gasteiger partial charge is 0.251 e. The van der Waals surface area contributed by atoms with Crippen LogP contribution in [0, 0.1) is 0 Å². The van der Waals surface area contributed by atoms with Gasteiger partial charge in [-0.25, -0.2) is 0 Å². The third kappa shape index (κ3) is 5.44. The van der Waals surface area contributed by atoms with E-state index in [1.165, 1.54) is 4.88 Å². The first kappa shape index (κ1) is 15.9. The Morgan fingerprint density at radius 2 is 2.10 bits per heavy atom. The zero-order valence-corrected chi connectivity index (χ0v) is 13.6. The topological polar surface area (TPSA) is 38.3 Å². The lowest BCUT2D eigenvalue weighted by molar-refractivity contribution is 0.0956. The van der Waals surface area contributed by atoms with Gasteiger partial charge in [0.25, 0.3) is 5.91 Å². The fraction of sp³-hybridized carbons (Fsp3) is 0.312. The van der Waals surface area contributed by atoms with Gasteiger partial charge in [0.05, 0.1) is 6.61 Å². The molecule has 1 N–H and O–H groups in total. The van der Waals surface area contributed by atoms with Gasteiger partial charge in [0.15, 0.2) is 0 Å². The molecule has 0 saturated heterocycles. The highest BCUT2D eigenvalue weighted by molar-refractivity contribution is 7.98. The van der Waals surface area contributed by atoms with Crippen LogP contribution in [0.2, 0.25) is 0 Å². The van der Waals surface area contributed by atoms with Crippen molar-refractivity contribution in [2.45, 2.75) is 12.7 Å². The maximum Gasteiger partial charge on any atom is 0.251 e. The van der Waals surface area contributed by atoms with E-state index in [0.717, 1.165) is 17.3 Å². The number of carbonyl (C=O) groups excluding carboxylic acids is 1. The molecule has 1 heterocycles. The van der Waals surface area contributed by atoms with Crippen LogP contribution >= 0.6 is 23.1 Å². The van der Waals surface area contributed by atoms with Crippen LogP contribution in [0.1, 0.15) is 22.2 Å². The lowest BCUT2D eigenvalue weighted by Gasteiger charge is -2.06. The normalized spacial score (nSPS) is 10.3. The van der Waals surface area contributed by atoms with Gasteiger partial charge in [-0.15, -0.1) is 11.3 Å². The van der Waals surface area contributed by atoms with Crippen LogP contribution in [0.15, 0.2) is 41.8 Å². The van der Waals surface area contributed by atoms with E-state index in [9.17, 15) is 4.79 Å². The largest absolute Gasteiger partial charge is 0.494 e. The van der Waals surface area contributed by atoms with Crippen LogP contribution in [0.25, 0.3) is 0 Å². The number of amides is 1. The maximum atomic E-state index is 11.9. The molecule has 1 aromatic carbocycles. The molecule has 1 amide bonds. The van der Waals surface area contributed by atoms with Crippen LogP contribution in [0.3, 0.4) is 0 Å². The maximum absolute atomic E-state index is 11.9. The molecule has 0 spiro atoms. The van der Waals surface area contributed by atoms with E-state index in [4.69, 9.17) is 4.74 Å². The van der Waals surface area contributed by atoms with Crippen molar-refractivity contribution in [3.63, 3.8) is 0 Å². The first-order valence-corrected chi connectivity index (χ1v) is 8.94. The molecule has 2 aromatic rings. The predicted octanol–water partition coefficient (Wildman–Crippen LogP) is 3.81. The van der Waals surface area contributed by atoms with E-state index in [0.29, 0.717) is 18.7 Å². The van der Waals surface area contributed by atoms with Gasteiger partial charge in [-0.2, -0.15) is 11.8 Å². The van der Waals surface area contributed by atoms with E-state index in [2.05, 4.69) is 22.8 Å². The summed E-state index contributed by atoms with van der Waals surface area (Å²) in [4.78, 5) is 13.3. The van der Waals surface area contributed by atoms with Crippen molar-refractivity contribution in [2.24, 2.45) is 0 Å². The molecule has 0 saturated carbocycles. The fourth-order valence-electron chi connectivity index (χ4n) is 1.78. The number of hydrogen-bond acceptors (Lipinski definition) is 4. The summed E-state index contributed by atoms with van der Waals surface area (Å²) >= 11 is 3.60. The van der Waals surface area contributed by atoms with Crippen molar-refractivity contribution >= 4 is 29.0 Å². The van der Waals surface area contributed by atoms with Crippen LogP contribution in [-0.2, 0) is 5.75 Å². The van der Waals surface area contributed by atoms with Gasteiger partial charge >= 0.3 is 0 Å². The Labute approximate surface area is 133 Å². The van der Waals surface area contributed by atoms with E-state index in [1.54, 1.807) is 23.5 Å². The van der Waals surface area contributed by atoms with Crippen molar-refractivity contribution in [2.75, 3.05) is 18.9 Å². The number of carbonyl (C=O) groups is 1. The summed E-state index contributed by atoms with van der Waals surface area (Å²) in [6.45, 7) is 3.25. The number of rotatable bonds is 8. The van der Waals surface area contributed by atoms with Crippen molar-refractivity contribution in [3.8, 4) is 5.75 Å². The number of benzene rings is 1. The van der Waals surface area contributed by atoms with Gasteiger partial charge < -0.3 is 10.1 Å². The van der Waals surface area contributed by atoms with Crippen LogP contribution in [0.5, 0.6) is 5.75 Å². The number of thiophene rings is 1. The highest BCUT2D eigenvalue weighted by Crippen LogP contribution is 2.16. The molecule has 0 aliphatic rings. The van der Waals surface area contributed by atoms with Crippen molar-refractivity contribution in [1.29, 1.82) is 0 Å². The van der Waals surface area contributed by atoms with Gasteiger partial charge in [0.2, 0.25) is 0 Å². The minimum Gasteiger partial charge on any atom is -0.494 e. The number of nitrogens with one attached hydrogen (secondary N) is 1. The molecule has 0 radical (unpaired) electrons. The molecule has 1 aromatic heterocycles. The molecule has 0 aliphatic heterocycles. The summed E-state index contributed by atoms with van der Waals surface area (Å²) in [6.07, 6.45) is 0. The molecule has 3 nitrogen and oxygen atoms in total. The number of thioether (sulfide) groups is 1. The Hall–Kier alpha value is -1.46. The van der Waals surface area contributed by atoms with Gasteiger partial charge in [-0.1, -0.05) is 6.07 Å². The molecule has 112 valence electrons. The fourth-order valence-corrected chi connectivity index (χ4v) is 3.47. The highest BCUT2D eigenvalue weighted by atomic mass is 32.2. The summed E-state index contributed by atoms with van der Waals surface area (Å²) in [6, 6.07) is 11.4. The average Bonchev–Trinajstić information content (AvgIpc) is 3.01. The molecule has 0 atom stereocenters. The van der Waals surface area contributed by atoms with E-state index in [-0.39, 0.29) is 5.91 Å². The first-order chi connectivity index (χ1) is 10.3. The van der Waals surface area contributed by atoms with Gasteiger partial charge in [-0.3, -0.25) is 4.79 Å². The molecule has 0 fully saturated rings. The van der Waals surface area contributed by atoms with Gasteiger partial charge in [0, 0.05) is 28.5 Å². The van der Waals surface area contributed by atoms with Crippen LogP contribution < -0.4 is 10.1 Å². The minimum absolute atomic E-state index is 0.0326. The summed E-state index contributed by atoms with van der Waals surface area (Å²) < 4.78 is 5.35. The standard InChI is InChI=1S/C16H19NO2S2/c1-2-19-14-7-5-13(6-8-14)16(18)17-9-11-20-12-15-4-3-10-21-15/h3-8,10H,2,9,11-12H2,1H3,(H,17,18). The molecular formula is C16H19NO2S2. The second kappa shape index (κ2) is 8.74. The van der Waals surface area contributed by atoms with Gasteiger partial charge in [0.1, 0.15) is 5.75 Å². The molecule has 0 unspecified atom stereocenters. The Bertz CT molecular complexity index is 538. The molecule has 0 aliphatic carbocycles. The van der Waals surface area contributed by atoms with Crippen LogP contribution in [-0.4, -0.2) is 24.8 Å². The molecule has 21 heavy (non-hydrogen) atoms.